The zero-order chi connectivity index (χ0) is 22.9. The van der Waals surface area contributed by atoms with Crippen LogP contribution >= 0.6 is 11.8 Å². The minimum atomic E-state index is -0.664. The Bertz CT molecular complexity index is 1130. The zero-order valence-electron chi connectivity index (χ0n) is 17.8. The van der Waals surface area contributed by atoms with Crippen LogP contribution in [-0.2, 0) is 19.1 Å². The highest BCUT2D eigenvalue weighted by molar-refractivity contribution is 8.18. The molecule has 1 aromatic carbocycles. The molecule has 162 valence electrons. The third-order valence-electron chi connectivity index (χ3n) is 5.02. The lowest BCUT2D eigenvalue weighted by Gasteiger charge is -2.14. The van der Waals surface area contributed by atoms with Crippen LogP contribution < -0.4 is 0 Å². The first-order chi connectivity index (χ1) is 14.7. The molecular formula is C22H22N2O6S. The smallest absolute Gasteiger partial charge is 0.337 e. The monoisotopic (exact) mass is 442 g/mol. The SMILES string of the molecule is COC(=O)CN1C(=O)SC(=Cc2cc(C)n(-c3cc(C(=O)OC)ccc3C)c2C)C1=O. The number of nitrogens with zero attached hydrogens (tertiary/aromatic N) is 2. The lowest BCUT2D eigenvalue weighted by Crippen LogP contribution is -2.34. The quantitative estimate of drug-likeness (QED) is 0.517. The number of hydrogen-bond acceptors (Lipinski definition) is 7. The van der Waals surface area contributed by atoms with Crippen LogP contribution in [0, 0.1) is 20.8 Å². The second kappa shape index (κ2) is 8.81. The Hall–Kier alpha value is -3.33. The maximum Gasteiger partial charge on any atom is 0.337 e. The fourth-order valence-electron chi connectivity index (χ4n) is 3.37. The molecule has 3 rings (SSSR count). The van der Waals surface area contributed by atoms with Crippen LogP contribution in [0.1, 0.15) is 32.9 Å². The van der Waals surface area contributed by atoms with E-state index in [4.69, 9.17) is 4.74 Å². The molecule has 0 spiro atoms. The van der Waals surface area contributed by atoms with E-state index in [1.807, 2.05) is 37.5 Å². The molecule has 9 heteroatoms. The van der Waals surface area contributed by atoms with E-state index in [1.54, 1.807) is 18.2 Å². The number of esters is 2. The van der Waals surface area contributed by atoms with Gasteiger partial charge < -0.3 is 14.0 Å². The second-order valence-electron chi connectivity index (χ2n) is 7.00. The van der Waals surface area contributed by atoms with Gasteiger partial charge in [-0.05, 0) is 67.9 Å². The summed E-state index contributed by atoms with van der Waals surface area (Å²) < 4.78 is 11.3. The van der Waals surface area contributed by atoms with Crippen LogP contribution in [0.3, 0.4) is 0 Å². The van der Waals surface area contributed by atoms with E-state index >= 15 is 0 Å². The summed E-state index contributed by atoms with van der Waals surface area (Å²) >= 11 is 0.782. The Kier molecular flexibility index (Phi) is 6.35. The fraction of sp³-hybridized carbons (Fsp3) is 0.273. The fourth-order valence-corrected chi connectivity index (χ4v) is 4.20. The highest BCUT2D eigenvalue weighted by Gasteiger charge is 2.36. The van der Waals surface area contributed by atoms with Crippen LogP contribution in [-0.4, -0.2) is 53.3 Å². The van der Waals surface area contributed by atoms with E-state index < -0.39 is 29.6 Å². The summed E-state index contributed by atoms with van der Waals surface area (Å²) in [7, 11) is 2.53. The molecule has 1 aromatic heterocycles. The standard InChI is InChI=1S/C22H22N2O6S/c1-12-6-7-15(21(27)30-5)9-17(12)24-13(2)8-16(14(24)3)10-18-20(26)23(22(28)31-18)11-19(25)29-4/h6-10H,11H2,1-5H3. The van der Waals surface area contributed by atoms with Gasteiger partial charge in [0.2, 0.25) is 0 Å². The number of ether oxygens (including phenoxy) is 2. The first kappa shape index (κ1) is 22.4. The van der Waals surface area contributed by atoms with Gasteiger partial charge in [-0.3, -0.25) is 19.3 Å². The maximum absolute atomic E-state index is 12.6. The van der Waals surface area contributed by atoms with Crippen LogP contribution in [0.15, 0.2) is 29.2 Å². The van der Waals surface area contributed by atoms with Crippen molar-refractivity contribution in [1.82, 2.24) is 9.47 Å². The summed E-state index contributed by atoms with van der Waals surface area (Å²) in [6, 6.07) is 7.21. The van der Waals surface area contributed by atoms with Crippen molar-refractivity contribution >= 4 is 40.9 Å². The minimum Gasteiger partial charge on any atom is -0.468 e. The van der Waals surface area contributed by atoms with Gasteiger partial charge in [-0.1, -0.05) is 6.07 Å². The average molecular weight is 442 g/mol. The van der Waals surface area contributed by atoms with Gasteiger partial charge in [-0.2, -0.15) is 0 Å². The van der Waals surface area contributed by atoms with Gasteiger partial charge in [-0.25, -0.2) is 4.79 Å². The zero-order valence-corrected chi connectivity index (χ0v) is 18.7. The van der Waals surface area contributed by atoms with E-state index in [0.717, 1.165) is 44.9 Å². The van der Waals surface area contributed by atoms with Gasteiger partial charge in [0.1, 0.15) is 6.54 Å². The molecule has 31 heavy (non-hydrogen) atoms. The Labute approximate surface area is 183 Å². The predicted octanol–water partition coefficient (Wildman–Crippen LogP) is 3.40. The summed E-state index contributed by atoms with van der Waals surface area (Å²) in [5, 5.41) is -0.517. The Balaban J connectivity index is 2.00. The molecule has 0 N–H and O–H groups in total. The molecule has 2 aromatic rings. The van der Waals surface area contributed by atoms with Crippen LogP contribution in [0.2, 0.25) is 0 Å². The average Bonchev–Trinajstić information content (AvgIpc) is 3.17. The van der Waals surface area contributed by atoms with E-state index in [2.05, 4.69) is 4.74 Å². The van der Waals surface area contributed by atoms with Crippen molar-refractivity contribution in [2.75, 3.05) is 20.8 Å². The lowest BCUT2D eigenvalue weighted by molar-refractivity contribution is -0.143. The first-order valence-corrected chi connectivity index (χ1v) is 10.2. The number of aryl methyl sites for hydroxylation is 2. The summed E-state index contributed by atoms with van der Waals surface area (Å²) in [6.45, 7) is 5.32. The van der Waals surface area contributed by atoms with Crippen molar-refractivity contribution in [3.05, 3.63) is 57.2 Å². The minimum absolute atomic E-state index is 0.231. The van der Waals surface area contributed by atoms with Gasteiger partial charge in [0.05, 0.1) is 24.7 Å². The van der Waals surface area contributed by atoms with Crippen molar-refractivity contribution in [3.8, 4) is 5.69 Å². The largest absolute Gasteiger partial charge is 0.468 e. The van der Waals surface area contributed by atoms with E-state index in [0.29, 0.717) is 5.56 Å². The van der Waals surface area contributed by atoms with Crippen molar-refractivity contribution < 1.29 is 28.7 Å². The van der Waals surface area contributed by atoms with E-state index in [1.165, 1.54) is 14.2 Å². The summed E-state index contributed by atoms with van der Waals surface area (Å²) in [5.41, 5.74) is 4.69. The molecule has 1 saturated heterocycles. The number of hydrogen-bond donors (Lipinski definition) is 0. The number of aromatic nitrogens is 1. The topological polar surface area (TPSA) is 94.9 Å². The second-order valence-corrected chi connectivity index (χ2v) is 7.99. The Morgan fingerprint density at radius 3 is 2.42 bits per heavy atom. The molecule has 1 aliphatic heterocycles. The Morgan fingerprint density at radius 2 is 1.77 bits per heavy atom. The normalized spacial score (nSPS) is 15.0. The molecule has 8 nitrogen and oxygen atoms in total. The molecule has 1 fully saturated rings. The van der Waals surface area contributed by atoms with Gasteiger partial charge in [0.15, 0.2) is 0 Å². The molecule has 0 saturated carbocycles. The van der Waals surface area contributed by atoms with Gasteiger partial charge in [-0.15, -0.1) is 0 Å². The third-order valence-corrected chi connectivity index (χ3v) is 5.92. The molecule has 0 aliphatic carbocycles. The van der Waals surface area contributed by atoms with Gasteiger partial charge in [0.25, 0.3) is 11.1 Å². The number of methoxy groups -OCH3 is 2. The molecule has 2 heterocycles. The van der Waals surface area contributed by atoms with Crippen LogP contribution in [0.25, 0.3) is 11.8 Å². The summed E-state index contributed by atoms with van der Waals surface area (Å²) in [6.07, 6.45) is 1.64. The van der Waals surface area contributed by atoms with Gasteiger partial charge in [0, 0.05) is 17.1 Å². The molecule has 1 aliphatic rings. The molecule has 0 atom stereocenters. The third kappa shape index (κ3) is 4.27. The Morgan fingerprint density at radius 1 is 1.06 bits per heavy atom. The number of benzene rings is 1. The predicted molar refractivity (Wildman–Crippen MR) is 116 cm³/mol. The first-order valence-electron chi connectivity index (χ1n) is 9.38. The maximum atomic E-state index is 12.6. The number of imide groups is 1. The van der Waals surface area contributed by atoms with Crippen molar-refractivity contribution in [3.63, 3.8) is 0 Å². The van der Waals surface area contributed by atoms with E-state index in [-0.39, 0.29) is 4.91 Å². The molecule has 0 radical (unpaired) electrons. The lowest BCUT2D eigenvalue weighted by atomic mass is 10.1. The number of carbonyl (C=O) groups is 4. The van der Waals surface area contributed by atoms with Crippen LogP contribution in [0.4, 0.5) is 4.79 Å². The van der Waals surface area contributed by atoms with Crippen molar-refractivity contribution in [2.45, 2.75) is 20.8 Å². The highest BCUT2D eigenvalue weighted by atomic mass is 32.2. The number of amides is 2. The summed E-state index contributed by atoms with van der Waals surface area (Å²) in [5.74, 6) is -1.63. The molecule has 2 amide bonds. The summed E-state index contributed by atoms with van der Waals surface area (Å²) in [4.78, 5) is 49.3. The van der Waals surface area contributed by atoms with Crippen molar-refractivity contribution in [2.24, 2.45) is 0 Å². The van der Waals surface area contributed by atoms with E-state index in [9.17, 15) is 19.2 Å². The molecular weight excluding hydrogens is 420 g/mol. The number of thioether (sulfide) groups is 1. The molecule has 0 unspecified atom stereocenters. The highest BCUT2D eigenvalue weighted by Crippen LogP contribution is 2.34. The molecule has 0 bridgehead atoms. The van der Waals surface area contributed by atoms with Crippen LogP contribution in [0.5, 0.6) is 0 Å². The van der Waals surface area contributed by atoms with Crippen molar-refractivity contribution in [1.29, 1.82) is 0 Å². The number of carbonyl (C=O) groups excluding carboxylic acids is 4. The van der Waals surface area contributed by atoms with Gasteiger partial charge >= 0.3 is 11.9 Å². The number of rotatable bonds is 5.